The number of carbonyl (C=O) groups is 2. The van der Waals surface area contributed by atoms with Crippen LogP contribution in [0.1, 0.15) is 28.6 Å². The number of ketones is 2. The van der Waals surface area contributed by atoms with Crippen LogP contribution < -0.4 is 4.74 Å². The van der Waals surface area contributed by atoms with Gasteiger partial charge in [0, 0.05) is 10.9 Å². The highest BCUT2D eigenvalue weighted by atomic mass is 79.9. The molecule has 3 nitrogen and oxygen atoms in total. The van der Waals surface area contributed by atoms with Crippen molar-refractivity contribution in [1.82, 2.24) is 0 Å². The van der Waals surface area contributed by atoms with Crippen molar-refractivity contribution in [2.45, 2.75) is 19.8 Å². The fourth-order valence-corrected chi connectivity index (χ4v) is 3.30. The van der Waals surface area contributed by atoms with E-state index in [0.29, 0.717) is 17.0 Å². The molecule has 0 bridgehead atoms. The summed E-state index contributed by atoms with van der Waals surface area (Å²) in [6, 6.07) is 9.34. The molecule has 1 heterocycles. The number of aryl methyl sites for hydroxylation is 1. The number of benzene rings is 1. The molecule has 0 saturated heterocycles. The van der Waals surface area contributed by atoms with E-state index in [1.807, 2.05) is 35.7 Å². The predicted octanol–water partition coefficient (Wildman–Crippen LogP) is 4.29. The van der Waals surface area contributed by atoms with Gasteiger partial charge in [-0.15, -0.1) is 11.3 Å². The second-order valence-electron chi connectivity index (χ2n) is 4.66. The quantitative estimate of drug-likeness (QED) is 0.686. The molecule has 0 spiro atoms. The van der Waals surface area contributed by atoms with E-state index in [-0.39, 0.29) is 18.2 Å². The van der Waals surface area contributed by atoms with Gasteiger partial charge in [-0.25, -0.2) is 0 Å². The molecule has 1 aromatic carbocycles. The topological polar surface area (TPSA) is 43.4 Å². The van der Waals surface area contributed by atoms with E-state index in [2.05, 4.69) is 15.9 Å². The average Bonchev–Trinajstić information content (AvgIpc) is 2.90. The number of ether oxygens (including phenoxy) is 1. The Labute approximate surface area is 136 Å². The number of hydrogen-bond donors (Lipinski definition) is 0. The van der Waals surface area contributed by atoms with Crippen molar-refractivity contribution in [2.75, 3.05) is 6.61 Å². The summed E-state index contributed by atoms with van der Waals surface area (Å²) in [5.41, 5.74) is 1.09. The fourth-order valence-electron chi connectivity index (χ4n) is 1.78. The van der Waals surface area contributed by atoms with Gasteiger partial charge in [0.2, 0.25) is 5.78 Å². The first kappa shape index (κ1) is 15.9. The number of halogens is 1. The highest BCUT2D eigenvalue weighted by molar-refractivity contribution is 9.10. The Morgan fingerprint density at radius 1 is 1.19 bits per heavy atom. The lowest BCUT2D eigenvalue weighted by Crippen LogP contribution is -2.10. The lowest BCUT2D eigenvalue weighted by Gasteiger charge is -2.06. The SMILES string of the molecule is CC(=O)CCc1ccc(OCC(=O)c2sccc2Br)cc1. The second kappa shape index (κ2) is 7.52. The first-order valence-corrected chi connectivity index (χ1v) is 8.21. The third kappa shape index (κ3) is 4.79. The zero-order valence-corrected chi connectivity index (χ0v) is 14.0. The van der Waals surface area contributed by atoms with E-state index in [1.54, 1.807) is 6.92 Å². The van der Waals surface area contributed by atoms with Crippen LogP contribution in [0.15, 0.2) is 40.2 Å². The summed E-state index contributed by atoms with van der Waals surface area (Å²) in [4.78, 5) is 23.6. The number of Topliss-reactive ketones (excluding diaryl/α,β-unsaturated/α-hetero) is 2. The summed E-state index contributed by atoms with van der Waals surface area (Å²) in [5.74, 6) is 0.794. The van der Waals surface area contributed by atoms with Crippen molar-refractivity contribution in [1.29, 1.82) is 0 Å². The molecular weight excluding hydrogens is 352 g/mol. The molecule has 0 amide bonds. The molecule has 0 atom stereocenters. The first-order valence-electron chi connectivity index (χ1n) is 6.53. The second-order valence-corrected chi connectivity index (χ2v) is 6.43. The minimum absolute atomic E-state index is 0.0197. The Balaban J connectivity index is 1.87. The van der Waals surface area contributed by atoms with Crippen molar-refractivity contribution < 1.29 is 14.3 Å². The first-order chi connectivity index (χ1) is 10.1. The maximum Gasteiger partial charge on any atom is 0.211 e. The Morgan fingerprint density at radius 3 is 2.48 bits per heavy atom. The van der Waals surface area contributed by atoms with E-state index in [9.17, 15) is 9.59 Å². The molecule has 0 aliphatic rings. The molecule has 0 saturated carbocycles. The monoisotopic (exact) mass is 366 g/mol. The molecule has 0 N–H and O–H groups in total. The summed E-state index contributed by atoms with van der Waals surface area (Å²) in [5, 5.41) is 1.86. The maximum atomic E-state index is 12.0. The van der Waals surface area contributed by atoms with Gasteiger partial charge in [0.05, 0.1) is 4.88 Å². The Morgan fingerprint density at radius 2 is 1.90 bits per heavy atom. The van der Waals surface area contributed by atoms with Crippen LogP contribution in [0.3, 0.4) is 0 Å². The molecule has 0 aliphatic heterocycles. The van der Waals surface area contributed by atoms with Gasteiger partial charge in [-0.3, -0.25) is 4.79 Å². The van der Waals surface area contributed by atoms with Crippen LogP contribution in [0.4, 0.5) is 0 Å². The average molecular weight is 367 g/mol. The summed E-state index contributed by atoms with van der Waals surface area (Å²) < 4.78 is 6.30. The van der Waals surface area contributed by atoms with Crippen LogP contribution in [0.25, 0.3) is 0 Å². The molecule has 2 rings (SSSR count). The molecule has 110 valence electrons. The zero-order chi connectivity index (χ0) is 15.2. The summed E-state index contributed by atoms with van der Waals surface area (Å²) in [6.07, 6.45) is 1.28. The third-order valence-corrected chi connectivity index (χ3v) is 4.81. The Hall–Kier alpha value is -1.46. The zero-order valence-electron chi connectivity index (χ0n) is 11.6. The van der Waals surface area contributed by atoms with Crippen molar-refractivity contribution in [2.24, 2.45) is 0 Å². The lowest BCUT2D eigenvalue weighted by molar-refractivity contribution is -0.116. The van der Waals surface area contributed by atoms with Gasteiger partial charge in [-0.05, 0) is 58.4 Å². The maximum absolute atomic E-state index is 12.0. The predicted molar refractivity (Wildman–Crippen MR) is 87.3 cm³/mol. The smallest absolute Gasteiger partial charge is 0.211 e. The standard InChI is InChI=1S/C16H15BrO3S/c1-11(18)2-3-12-4-6-13(7-5-12)20-10-15(19)16-14(17)8-9-21-16/h4-9H,2-3,10H2,1H3. The molecule has 0 fully saturated rings. The number of hydrogen-bond acceptors (Lipinski definition) is 4. The van der Waals surface area contributed by atoms with Gasteiger partial charge < -0.3 is 9.53 Å². The van der Waals surface area contributed by atoms with E-state index in [0.717, 1.165) is 16.5 Å². The molecular formula is C16H15BrO3S. The largest absolute Gasteiger partial charge is 0.485 e. The third-order valence-electron chi connectivity index (χ3n) is 2.93. The number of thiophene rings is 1. The molecule has 5 heteroatoms. The van der Waals surface area contributed by atoms with E-state index in [1.165, 1.54) is 11.3 Å². The summed E-state index contributed by atoms with van der Waals surface area (Å²) in [6.45, 7) is 1.61. The van der Waals surface area contributed by atoms with Crippen molar-refractivity contribution in [3.8, 4) is 5.75 Å². The Kier molecular flexibility index (Phi) is 5.70. The van der Waals surface area contributed by atoms with Gasteiger partial charge in [-0.2, -0.15) is 0 Å². The van der Waals surface area contributed by atoms with Crippen molar-refractivity contribution in [3.63, 3.8) is 0 Å². The highest BCUT2D eigenvalue weighted by Gasteiger charge is 2.12. The Bertz CT molecular complexity index is 631. The van der Waals surface area contributed by atoms with Crippen LogP contribution in [-0.4, -0.2) is 18.2 Å². The van der Waals surface area contributed by atoms with Crippen LogP contribution in [0.2, 0.25) is 0 Å². The molecule has 0 radical (unpaired) electrons. The number of rotatable bonds is 7. The van der Waals surface area contributed by atoms with Gasteiger partial charge in [-0.1, -0.05) is 12.1 Å². The normalized spacial score (nSPS) is 10.4. The van der Waals surface area contributed by atoms with Crippen LogP contribution in [-0.2, 0) is 11.2 Å². The summed E-state index contributed by atoms with van der Waals surface area (Å²) in [7, 11) is 0. The van der Waals surface area contributed by atoms with E-state index < -0.39 is 0 Å². The molecule has 2 aromatic rings. The van der Waals surface area contributed by atoms with Gasteiger partial charge in [0.1, 0.15) is 11.5 Å². The molecule has 1 aromatic heterocycles. The lowest BCUT2D eigenvalue weighted by atomic mass is 10.1. The fraction of sp³-hybridized carbons (Fsp3) is 0.250. The van der Waals surface area contributed by atoms with Crippen molar-refractivity contribution in [3.05, 3.63) is 50.6 Å². The van der Waals surface area contributed by atoms with Gasteiger partial charge in [0.15, 0.2) is 6.61 Å². The van der Waals surface area contributed by atoms with Gasteiger partial charge >= 0.3 is 0 Å². The van der Waals surface area contributed by atoms with E-state index >= 15 is 0 Å². The van der Waals surface area contributed by atoms with E-state index in [4.69, 9.17) is 4.74 Å². The van der Waals surface area contributed by atoms with Crippen LogP contribution >= 0.6 is 27.3 Å². The minimum atomic E-state index is -0.0440. The molecule has 0 aliphatic carbocycles. The van der Waals surface area contributed by atoms with Gasteiger partial charge in [0.25, 0.3) is 0 Å². The van der Waals surface area contributed by atoms with Crippen molar-refractivity contribution >= 4 is 38.8 Å². The molecule has 21 heavy (non-hydrogen) atoms. The van der Waals surface area contributed by atoms with Crippen LogP contribution in [0, 0.1) is 0 Å². The minimum Gasteiger partial charge on any atom is -0.485 e. The number of carbonyl (C=O) groups excluding carboxylic acids is 2. The summed E-state index contributed by atoms with van der Waals surface area (Å²) >= 11 is 4.73. The highest BCUT2D eigenvalue weighted by Crippen LogP contribution is 2.23. The molecule has 0 unspecified atom stereocenters. The van der Waals surface area contributed by atoms with Crippen LogP contribution in [0.5, 0.6) is 5.75 Å².